The van der Waals surface area contributed by atoms with Crippen molar-refractivity contribution >= 4 is 23.1 Å². The molecule has 4 nitrogen and oxygen atoms in total. The SMILES string of the molecule is [c]1nsc(-c2ncns2)n1. The summed E-state index contributed by atoms with van der Waals surface area (Å²) < 4.78 is 7.56. The summed E-state index contributed by atoms with van der Waals surface area (Å²) in [4.78, 5) is 7.80. The predicted molar refractivity (Wildman–Crippen MR) is 37.6 cm³/mol. The van der Waals surface area contributed by atoms with E-state index in [2.05, 4.69) is 25.0 Å². The van der Waals surface area contributed by atoms with Crippen LogP contribution in [0.2, 0.25) is 0 Å². The minimum absolute atomic E-state index is 0.780. The van der Waals surface area contributed by atoms with Crippen LogP contribution in [0.25, 0.3) is 10.0 Å². The largest absolute Gasteiger partial charge is 0.220 e. The summed E-state index contributed by atoms with van der Waals surface area (Å²) in [7, 11) is 0. The van der Waals surface area contributed by atoms with Crippen LogP contribution in [0.5, 0.6) is 0 Å². The van der Waals surface area contributed by atoms with Gasteiger partial charge in [0.15, 0.2) is 10.0 Å². The maximum atomic E-state index is 3.95. The Hall–Kier alpha value is -0.880. The van der Waals surface area contributed by atoms with Crippen molar-refractivity contribution in [1.82, 2.24) is 18.7 Å². The van der Waals surface area contributed by atoms with E-state index in [0.717, 1.165) is 10.0 Å². The minimum Gasteiger partial charge on any atom is -0.220 e. The fraction of sp³-hybridized carbons (Fsp3) is 0. The molecule has 0 fully saturated rings. The van der Waals surface area contributed by atoms with Crippen LogP contribution in [0.3, 0.4) is 0 Å². The molecule has 2 aromatic heterocycles. The number of hydrogen-bond donors (Lipinski definition) is 0. The Morgan fingerprint density at radius 1 is 1.30 bits per heavy atom. The van der Waals surface area contributed by atoms with E-state index >= 15 is 0 Å². The molecule has 2 rings (SSSR count). The molecule has 49 valence electrons. The lowest BCUT2D eigenvalue weighted by molar-refractivity contribution is 1.28. The van der Waals surface area contributed by atoms with Gasteiger partial charge in [0.1, 0.15) is 6.33 Å². The molecule has 0 atom stereocenters. The average Bonchev–Trinajstić information content (AvgIpc) is 2.59. The van der Waals surface area contributed by atoms with Gasteiger partial charge < -0.3 is 0 Å². The van der Waals surface area contributed by atoms with Crippen LogP contribution in [0.15, 0.2) is 6.33 Å². The first-order valence-corrected chi connectivity index (χ1v) is 3.98. The molecule has 0 saturated carbocycles. The molecular weight excluding hydrogens is 168 g/mol. The van der Waals surface area contributed by atoms with E-state index in [1.807, 2.05) is 0 Å². The molecule has 2 aromatic rings. The fourth-order valence-electron chi connectivity index (χ4n) is 0.504. The molecule has 0 saturated heterocycles. The highest BCUT2D eigenvalue weighted by Crippen LogP contribution is 2.19. The zero-order valence-corrected chi connectivity index (χ0v) is 6.32. The summed E-state index contributed by atoms with van der Waals surface area (Å²) in [5.74, 6) is 0. The molecule has 0 aromatic carbocycles. The minimum atomic E-state index is 0.780. The third kappa shape index (κ3) is 0.910. The van der Waals surface area contributed by atoms with E-state index in [4.69, 9.17) is 0 Å². The van der Waals surface area contributed by atoms with E-state index in [1.54, 1.807) is 0 Å². The first-order chi connectivity index (χ1) is 4.97. The third-order valence-electron chi connectivity index (χ3n) is 0.869. The number of rotatable bonds is 1. The summed E-state index contributed by atoms with van der Waals surface area (Å²) in [6.45, 7) is 0. The van der Waals surface area contributed by atoms with Gasteiger partial charge >= 0.3 is 0 Å². The molecule has 0 aliphatic carbocycles. The van der Waals surface area contributed by atoms with Crippen molar-refractivity contribution in [2.24, 2.45) is 0 Å². The van der Waals surface area contributed by atoms with Gasteiger partial charge in [-0.25, -0.2) is 9.97 Å². The highest BCUT2D eigenvalue weighted by Gasteiger charge is 2.03. The van der Waals surface area contributed by atoms with Crippen molar-refractivity contribution in [3.8, 4) is 10.0 Å². The summed E-state index contributed by atoms with van der Waals surface area (Å²) in [5, 5.41) is 1.58. The van der Waals surface area contributed by atoms with Gasteiger partial charge in [-0.1, -0.05) is 0 Å². The Kier molecular flexibility index (Phi) is 1.40. The van der Waals surface area contributed by atoms with Crippen LogP contribution in [-0.2, 0) is 0 Å². The van der Waals surface area contributed by atoms with Crippen molar-refractivity contribution in [1.29, 1.82) is 0 Å². The highest BCUT2D eigenvalue weighted by atomic mass is 32.1. The standard InChI is InChI=1S/C4HN4S2/c1-5-3(9-7-1)4-6-2-8-10-4/h1H. The second kappa shape index (κ2) is 2.39. The number of aromatic nitrogens is 4. The molecule has 10 heavy (non-hydrogen) atoms. The summed E-state index contributed by atoms with van der Waals surface area (Å²) in [6, 6.07) is 0. The van der Waals surface area contributed by atoms with E-state index in [0.29, 0.717) is 0 Å². The van der Waals surface area contributed by atoms with E-state index in [-0.39, 0.29) is 0 Å². The van der Waals surface area contributed by atoms with Crippen molar-refractivity contribution in [2.45, 2.75) is 0 Å². The maximum Gasteiger partial charge on any atom is 0.212 e. The molecule has 2 heterocycles. The average molecular weight is 169 g/mol. The molecule has 0 aliphatic rings. The zero-order valence-electron chi connectivity index (χ0n) is 4.68. The van der Waals surface area contributed by atoms with Gasteiger partial charge in [-0.2, -0.15) is 8.75 Å². The van der Waals surface area contributed by atoms with Gasteiger partial charge in [-0.05, 0) is 23.1 Å². The lowest BCUT2D eigenvalue weighted by Crippen LogP contribution is -1.69. The van der Waals surface area contributed by atoms with Crippen molar-refractivity contribution in [3.05, 3.63) is 12.7 Å². The second-order valence-corrected chi connectivity index (χ2v) is 2.98. The van der Waals surface area contributed by atoms with Crippen LogP contribution >= 0.6 is 23.1 Å². The smallest absolute Gasteiger partial charge is 0.212 e. The molecule has 0 unspecified atom stereocenters. The summed E-state index contributed by atoms with van der Waals surface area (Å²) in [5.41, 5.74) is 0. The Bertz CT molecular complexity index is 255. The van der Waals surface area contributed by atoms with Crippen molar-refractivity contribution in [3.63, 3.8) is 0 Å². The van der Waals surface area contributed by atoms with E-state index in [1.165, 1.54) is 29.4 Å². The Balaban J connectivity index is 2.48. The molecule has 0 spiro atoms. The van der Waals surface area contributed by atoms with Crippen LogP contribution < -0.4 is 0 Å². The van der Waals surface area contributed by atoms with Gasteiger partial charge in [0, 0.05) is 0 Å². The quantitative estimate of drug-likeness (QED) is 0.635. The van der Waals surface area contributed by atoms with Crippen molar-refractivity contribution in [2.75, 3.05) is 0 Å². The molecule has 1 radical (unpaired) electrons. The van der Waals surface area contributed by atoms with Gasteiger partial charge in [-0.3, -0.25) is 0 Å². The number of hydrogen-bond acceptors (Lipinski definition) is 6. The van der Waals surface area contributed by atoms with E-state index < -0.39 is 0 Å². The Morgan fingerprint density at radius 3 is 2.90 bits per heavy atom. The third-order valence-corrected chi connectivity index (χ3v) is 2.30. The van der Waals surface area contributed by atoms with Gasteiger partial charge in [-0.15, -0.1) is 0 Å². The lowest BCUT2D eigenvalue weighted by Gasteiger charge is -1.78. The van der Waals surface area contributed by atoms with Crippen LogP contribution in [-0.4, -0.2) is 18.7 Å². The zero-order chi connectivity index (χ0) is 6.81. The van der Waals surface area contributed by atoms with Gasteiger partial charge in [0.2, 0.25) is 6.33 Å². The topological polar surface area (TPSA) is 51.6 Å². The monoisotopic (exact) mass is 169 g/mol. The Labute approximate surface area is 64.9 Å². The lowest BCUT2D eigenvalue weighted by atomic mass is 10.7. The summed E-state index contributed by atoms with van der Waals surface area (Å²) >= 11 is 2.58. The molecule has 0 bridgehead atoms. The maximum absolute atomic E-state index is 3.95. The Morgan fingerprint density at radius 2 is 2.30 bits per heavy atom. The second-order valence-electron chi connectivity index (χ2n) is 1.45. The first-order valence-electron chi connectivity index (χ1n) is 2.43. The van der Waals surface area contributed by atoms with Gasteiger partial charge in [0.25, 0.3) is 0 Å². The fourth-order valence-corrected chi connectivity index (χ4v) is 1.52. The van der Waals surface area contributed by atoms with Crippen LogP contribution in [0.1, 0.15) is 0 Å². The van der Waals surface area contributed by atoms with Crippen LogP contribution in [0, 0.1) is 6.33 Å². The highest BCUT2D eigenvalue weighted by molar-refractivity contribution is 7.15. The normalized spacial score (nSPS) is 10.0. The van der Waals surface area contributed by atoms with Gasteiger partial charge in [0.05, 0.1) is 0 Å². The molecule has 0 N–H and O–H groups in total. The van der Waals surface area contributed by atoms with Crippen LogP contribution in [0.4, 0.5) is 0 Å². The first kappa shape index (κ1) is 5.87. The summed E-state index contributed by atoms with van der Waals surface area (Å²) in [6.07, 6.45) is 3.98. The van der Waals surface area contributed by atoms with Crippen molar-refractivity contribution < 1.29 is 0 Å². The molecule has 6 heteroatoms. The number of nitrogens with zero attached hydrogens (tertiary/aromatic N) is 4. The molecule has 0 amide bonds. The molecular formula is C4HN4S2. The van der Waals surface area contributed by atoms with E-state index in [9.17, 15) is 0 Å². The predicted octanol–water partition coefficient (Wildman–Crippen LogP) is 0.857. The molecule has 0 aliphatic heterocycles.